The monoisotopic (exact) mass is 411 g/mol. The van der Waals surface area contributed by atoms with Crippen LogP contribution in [0.5, 0.6) is 5.75 Å². The molecule has 3 nitrogen and oxygen atoms in total. The van der Waals surface area contributed by atoms with Crippen LogP contribution >= 0.6 is 11.6 Å². The summed E-state index contributed by atoms with van der Waals surface area (Å²) in [7, 11) is 1.99. The number of carbonyl (C=O) groups excluding carboxylic acids is 1. The van der Waals surface area contributed by atoms with Crippen LogP contribution in [-0.4, -0.2) is 36.9 Å². The van der Waals surface area contributed by atoms with Gasteiger partial charge >= 0.3 is 6.18 Å². The van der Waals surface area contributed by atoms with E-state index in [4.69, 9.17) is 16.3 Å². The number of nitrogens with zero attached hydrogens (tertiary/aromatic N) is 1. The summed E-state index contributed by atoms with van der Waals surface area (Å²) >= 11 is 5.92. The van der Waals surface area contributed by atoms with Crippen molar-refractivity contribution >= 4 is 17.4 Å². The first-order chi connectivity index (χ1) is 13.2. The third kappa shape index (κ3) is 5.49. The van der Waals surface area contributed by atoms with Crippen LogP contribution in [0.25, 0.3) is 0 Å². The van der Waals surface area contributed by atoms with Crippen LogP contribution in [0.1, 0.15) is 34.3 Å². The molecule has 0 amide bonds. The van der Waals surface area contributed by atoms with Crippen molar-refractivity contribution in [3.63, 3.8) is 0 Å². The Morgan fingerprint density at radius 1 is 1.18 bits per heavy atom. The molecule has 7 heteroatoms. The summed E-state index contributed by atoms with van der Waals surface area (Å²) in [5.74, 6) is -0.333. The highest BCUT2D eigenvalue weighted by atomic mass is 35.5. The van der Waals surface area contributed by atoms with Crippen LogP contribution in [-0.2, 0) is 12.6 Å². The number of rotatable bonds is 5. The Balaban J connectivity index is 1.84. The maximum absolute atomic E-state index is 13.3. The molecular weight excluding hydrogens is 391 g/mol. The molecule has 0 radical (unpaired) electrons. The fourth-order valence-corrected chi connectivity index (χ4v) is 3.43. The Morgan fingerprint density at radius 3 is 2.54 bits per heavy atom. The maximum Gasteiger partial charge on any atom is 0.416 e. The van der Waals surface area contributed by atoms with Crippen molar-refractivity contribution in [2.75, 3.05) is 20.1 Å². The average Bonchev–Trinajstić information content (AvgIpc) is 2.63. The molecule has 0 bridgehead atoms. The highest BCUT2D eigenvalue weighted by molar-refractivity contribution is 6.30. The quantitative estimate of drug-likeness (QED) is 0.629. The summed E-state index contributed by atoms with van der Waals surface area (Å²) in [5.41, 5.74) is -0.252. The number of ether oxygens (including phenoxy) is 1. The molecule has 0 spiro atoms. The molecular formula is C21H21ClF3NO2. The Morgan fingerprint density at radius 2 is 1.89 bits per heavy atom. The zero-order chi connectivity index (χ0) is 20.3. The summed E-state index contributed by atoms with van der Waals surface area (Å²) in [6.07, 6.45) is -3.28. The van der Waals surface area contributed by atoms with Crippen molar-refractivity contribution in [3.05, 3.63) is 64.2 Å². The van der Waals surface area contributed by atoms with Gasteiger partial charge in [0.1, 0.15) is 11.9 Å². The van der Waals surface area contributed by atoms with E-state index >= 15 is 0 Å². The lowest BCUT2D eigenvalue weighted by atomic mass is 10.0. The Kier molecular flexibility index (Phi) is 6.30. The van der Waals surface area contributed by atoms with Crippen LogP contribution in [0.15, 0.2) is 42.5 Å². The summed E-state index contributed by atoms with van der Waals surface area (Å²) in [4.78, 5) is 14.8. The summed E-state index contributed by atoms with van der Waals surface area (Å²) < 4.78 is 45.8. The van der Waals surface area contributed by atoms with Gasteiger partial charge in [0.15, 0.2) is 5.78 Å². The highest BCUT2D eigenvalue weighted by Gasteiger charge is 2.32. The van der Waals surface area contributed by atoms with E-state index in [0.29, 0.717) is 10.6 Å². The fourth-order valence-electron chi connectivity index (χ4n) is 3.22. The van der Waals surface area contributed by atoms with E-state index in [2.05, 4.69) is 4.90 Å². The van der Waals surface area contributed by atoms with E-state index in [0.717, 1.165) is 38.1 Å². The molecule has 150 valence electrons. The maximum atomic E-state index is 13.3. The Labute approximate surface area is 167 Å². The van der Waals surface area contributed by atoms with Crippen LogP contribution in [0, 0.1) is 0 Å². The number of carbonyl (C=O) groups is 1. The molecule has 3 rings (SSSR count). The first-order valence-electron chi connectivity index (χ1n) is 9.06. The molecule has 2 aromatic rings. The van der Waals surface area contributed by atoms with Gasteiger partial charge in [-0.25, -0.2) is 0 Å². The van der Waals surface area contributed by atoms with E-state index < -0.39 is 17.5 Å². The molecule has 0 unspecified atom stereocenters. The van der Waals surface area contributed by atoms with Gasteiger partial charge in [-0.15, -0.1) is 0 Å². The van der Waals surface area contributed by atoms with Gasteiger partial charge < -0.3 is 9.64 Å². The highest BCUT2D eigenvalue weighted by Crippen LogP contribution is 2.34. The van der Waals surface area contributed by atoms with Crippen LogP contribution < -0.4 is 4.74 Å². The van der Waals surface area contributed by atoms with E-state index in [1.165, 1.54) is 6.07 Å². The van der Waals surface area contributed by atoms with Crippen LogP contribution in [0.2, 0.25) is 5.02 Å². The number of hydrogen-bond acceptors (Lipinski definition) is 3. The van der Waals surface area contributed by atoms with Crippen molar-refractivity contribution < 1.29 is 22.7 Å². The van der Waals surface area contributed by atoms with Gasteiger partial charge in [-0.2, -0.15) is 13.2 Å². The Hall–Kier alpha value is -2.05. The van der Waals surface area contributed by atoms with Crippen molar-refractivity contribution in [3.8, 4) is 5.75 Å². The normalized spacial score (nSPS) is 16.2. The number of Topliss-reactive ketones (excluding diaryl/α,β-unsaturated/α-hetero) is 1. The summed E-state index contributed by atoms with van der Waals surface area (Å²) in [5, 5.41) is 0.473. The minimum atomic E-state index is -4.56. The van der Waals surface area contributed by atoms with E-state index in [1.807, 2.05) is 7.05 Å². The number of benzene rings is 2. The largest absolute Gasteiger partial charge is 0.490 e. The van der Waals surface area contributed by atoms with Gasteiger partial charge in [0, 0.05) is 30.1 Å². The van der Waals surface area contributed by atoms with Gasteiger partial charge in [0.25, 0.3) is 0 Å². The average molecular weight is 412 g/mol. The van der Waals surface area contributed by atoms with Gasteiger partial charge in [-0.05, 0) is 55.8 Å². The predicted molar refractivity (Wildman–Crippen MR) is 102 cm³/mol. The standard InChI is InChI=1S/C21H21ClF3NO2/c1-26-7-5-18(6-8-26)28-19-12-15(11-16(13-19)21(23,24)25)20(27)10-14-3-2-4-17(22)9-14/h2-4,9,11-13,18H,5-8,10H2,1H3. The molecule has 0 aromatic heterocycles. The third-order valence-corrected chi connectivity index (χ3v) is 5.01. The van der Waals surface area contributed by atoms with Gasteiger partial charge in [-0.3, -0.25) is 4.79 Å². The second-order valence-electron chi connectivity index (χ2n) is 7.09. The molecule has 0 atom stereocenters. The SMILES string of the molecule is CN1CCC(Oc2cc(C(=O)Cc3cccc(Cl)c3)cc(C(F)(F)F)c2)CC1. The topological polar surface area (TPSA) is 29.5 Å². The molecule has 1 fully saturated rings. The molecule has 0 saturated carbocycles. The summed E-state index contributed by atoms with van der Waals surface area (Å²) in [6, 6.07) is 9.97. The van der Waals surface area contributed by atoms with Crippen LogP contribution in [0.4, 0.5) is 13.2 Å². The molecule has 1 saturated heterocycles. The summed E-state index contributed by atoms with van der Waals surface area (Å²) in [6.45, 7) is 1.65. The third-order valence-electron chi connectivity index (χ3n) is 4.78. The smallest absolute Gasteiger partial charge is 0.416 e. The molecule has 1 aliphatic rings. The van der Waals surface area contributed by atoms with Crippen molar-refractivity contribution in [2.45, 2.75) is 31.5 Å². The lowest BCUT2D eigenvalue weighted by molar-refractivity contribution is -0.137. The van der Waals surface area contributed by atoms with Gasteiger partial charge in [-0.1, -0.05) is 23.7 Å². The Bertz CT molecular complexity index is 846. The molecule has 2 aromatic carbocycles. The minimum Gasteiger partial charge on any atom is -0.490 e. The first kappa shape index (κ1) is 20.7. The molecule has 28 heavy (non-hydrogen) atoms. The number of alkyl halides is 3. The first-order valence-corrected chi connectivity index (χ1v) is 9.43. The van der Waals surface area contributed by atoms with E-state index in [9.17, 15) is 18.0 Å². The molecule has 1 heterocycles. The van der Waals surface area contributed by atoms with Crippen molar-refractivity contribution in [2.24, 2.45) is 0 Å². The molecule has 0 aliphatic carbocycles. The second kappa shape index (κ2) is 8.53. The minimum absolute atomic E-state index is 0.0160. The van der Waals surface area contributed by atoms with Crippen molar-refractivity contribution in [1.29, 1.82) is 0 Å². The lowest BCUT2D eigenvalue weighted by Crippen LogP contribution is -2.35. The fraction of sp³-hybridized carbons (Fsp3) is 0.381. The number of hydrogen-bond donors (Lipinski definition) is 0. The second-order valence-corrected chi connectivity index (χ2v) is 7.53. The number of halogens is 4. The van der Waals surface area contributed by atoms with Gasteiger partial charge in [0.05, 0.1) is 5.56 Å². The van der Waals surface area contributed by atoms with E-state index in [-0.39, 0.29) is 23.8 Å². The van der Waals surface area contributed by atoms with Crippen LogP contribution in [0.3, 0.4) is 0 Å². The van der Waals surface area contributed by atoms with E-state index in [1.54, 1.807) is 24.3 Å². The number of ketones is 1. The number of likely N-dealkylation sites (tertiary alicyclic amines) is 1. The lowest BCUT2D eigenvalue weighted by Gasteiger charge is -2.29. The molecule has 1 aliphatic heterocycles. The molecule has 0 N–H and O–H groups in total. The van der Waals surface area contributed by atoms with Crippen molar-refractivity contribution in [1.82, 2.24) is 4.90 Å². The van der Waals surface area contributed by atoms with Gasteiger partial charge in [0.2, 0.25) is 0 Å². The predicted octanol–water partition coefficient (Wildman–Crippen LogP) is 5.26. The number of piperidine rings is 1. The zero-order valence-electron chi connectivity index (χ0n) is 15.4. The zero-order valence-corrected chi connectivity index (χ0v) is 16.2.